The second-order valence-corrected chi connectivity index (χ2v) is 8.93. The fourth-order valence-electron chi connectivity index (χ4n) is 2.92. The van der Waals surface area contributed by atoms with Crippen molar-refractivity contribution in [2.24, 2.45) is 0 Å². The molecule has 0 radical (unpaired) electrons. The summed E-state index contributed by atoms with van der Waals surface area (Å²) in [4.78, 5) is 23.3. The van der Waals surface area contributed by atoms with Crippen molar-refractivity contribution in [3.63, 3.8) is 0 Å². The van der Waals surface area contributed by atoms with E-state index in [-0.39, 0.29) is 24.2 Å². The standard InChI is InChI=1S/C20H25F2NO6S/c1-4-12(2)29-20(25)15-7-5-6-8-18(15)30(26,27)23-19-16(21)9-14(10-17(19)22)11-28-13(3)24/h7,9-10,12,18,23H,4-6,8,11H2,1-3H3. The van der Waals surface area contributed by atoms with Crippen LogP contribution in [0.1, 0.15) is 52.0 Å². The maximum Gasteiger partial charge on any atom is 0.335 e. The van der Waals surface area contributed by atoms with Gasteiger partial charge in [-0.1, -0.05) is 13.0 Å². The van der Waals surface area contributed by atoms with E-state index in [4.69, 9.17) is 4.74 Å². The third kappa shape index (κ3) is 6.01. The minimum absolute atomic E-state index is 0.0264. The first-order valence-electron chi connectivity index (χ1n) is 9.59. The van der Waals surface area contributed by atoms with Gasteiger partial charge in [0.15, 0.2) is 11.6 Å². The number of esters is 2. The van der Waals surface area contributed by atoms with Gasteiger partial charge in [0.2, 0.25) is 10.0 Å². The lowest BCUT2D eigenvalue weighted by Crippen LogP contribution is -2.35. The number of hydrogen-bond acceptors (Lipinski definition) is 6. The molecule has 30 heavy (non-hydrogen) atoms. The van der Waals surface area contributed by atoms with Gasteiger partial charge in [0.25, 0.3) is 0 Å². The molecule has 0 aromatic heterocycles. The van der Waals surface area contributed by atoms with E-state index in [9.17, 15) is 26.8 Å². The number of carbonyl (C=O) groups excluding carboxylic acids is 2. The second kappa shape index (κ2) is 10.0. The summed E-state index contributed by atoms with van der Waals surface area (Å²) in [6.45, 7) is 4.30. The van der Waals surface area contributed by atoms with Crippen LogP contribution in [0.2, 0.25) is 0 Å². The Bertz CT molecular complexity index is 922. The van der Waals surface area contributed by atoms with Crippen molar-refractivity contribution < 1.29 is 36.3 Å². The Morgan fingerprint density at radius 3 is 2.47 bits per heavy atom. The van der Waals surface area contributed by atoms with E-state index in [0.29, 0.717) is 19.3 Å². The largest absolute Gasteiger partial charge is 0.461 e. The topological polar surface area (TPSA) is 98.8 Å². The first kappa shape index (κ1) is 23.8. The SMILES string of the molecule is CCC(C)OC(=O)C1=CCCCC1S(=O)(=O)Nc1c(F)cc(COC(C)=O)cc1F. The molecule has 1 aliphatic rings. The van der Waals surface area contributed by atoms with Crippen molar-refractivity contribution in [3.8, 4) is 0 Å². The molecular formula is C20H25F2NO6S. The molecule has 1 N–H and O–H groups in total. The zero-order valence-electron chi connectivity index (χ0n) is 17.0. The van der Waals surface area contributed by atoms with Crippen molar-refractivity contribution >= 4 is 27.6 Å². The Morgan fingerprint density at radius 2 is 1.90 bits per heavy atom. The van der Waals surface area contributed by atoms with Gasteiger partial charge in [-0.15, -0.1) is 0 Å². The van der Waals surface area contributed by atoms with E-state index in [1.165, 1.54) is 6.08 Å². The van der Waals surface area contributed by atoms with Gasteiger partial charge in [-0.05, 0) is 50.3 Å². The highest BCUT2D eigenvalue weighted by atomic mass is 32.2. The van der Waals surface area contributed by atoms with Gasteiger partial charge in [-0.2, -0.15) is 0 Å². The first-order chi connectivity index (χ1) is 14.0. The summed E-state index contributed by atoms with van der Waals surface area (Å²) in [6.07, 6.45) is 2.78. The van der Waals surface area contributed by atoms with Gasteiger partial charge in [0.05, 0.1) is 11.7 Å². The lowest BCUT2D eigenvalue weighted by molar-refractivity contribution is -0.144. The van der Waals surface area contributed by atoms with Crippen LogP contribution in [0.5, 0.6) is 0 Å². The van der Waals surface area contributed by atoms with Gasteiger partial charge in [-0.3, -0.25) is 9.52 Å². The summed E-state index contributed by atoms with van der Waals surface area (Å²) in [5.74, 6) is -3.70. The molecule has 0 aliphatic heterocycles. The average molecular weight is 445 g/mol. The number of allylic oxidation sites excluding steroid dienone is 1. The normalized spacial score (nSPS) is 17.6. The van der Waals surface area contributed by atoms with Gasteiger partial charge in [0, 0.05) is 6.92 Å². The molecular weight excluding hydrogens is 420 g/mol. The molecule has 0 saturated heterocycles. The maximum atomic E-state index is 14.4. The van der Waals surface area contributed by atoms with Crippen molar-refractivity contribution in [2.45, 2.75) is 64.4 Å². The summed E-state index contributed by atoms with van der Waals surface area (Å²) in [5, 5.41) is -1.29. The molecule has 0 saturated carbocycles. The van der Waals surface area contributed by atoms with Crippen LogP contribution >= 0.6 is 0 Å². The number of halogens is 2. The quantitative estimate of drug-likeness (QED) is 0.614. The Morgan fingerprint density at radius 1 is 1.27 bits per heavy atom. The van der Waals surface area contributed by atoms with E-state index in [0.717, 1.165) is 19.1 Å². The van der Waals surface area contributed by atoms with Crippen LogP contribution in [0.25, 0.3) is 0 Å². The predicted molar refractivity (Wildman–Crippen MR) is 106 cm³/mol. The van der Waals surface area contributed by atoms with E-state index >= 15 is 0 Å². The molecule has 1 aromatic carbocycles. The number of nitrogens with one attached hydrogen (secondary N) is 1. The van der Waals surface area contributed by atoms with Crippen LogP contribution < -0.4 is 4.72 Å². The van der Waals surface area contributed by atoms with Crippen molar-refractivity contribution in [1.29, 1.82) is 0 Å². The minimum atomic E-state index is -4.34. The van der Waals surface area contributed by atoms with Crippen molar-refractivity contribution in [1.82, 2.24) is 0 Å². The molecule has 0 fully saturated rings. The van der Waals surface area contributed by atoms with Crippen LogP contribution in [0.3, 0.4) is 0 Å². The zero-order valence-corrected chi connectivity index (χ0v) is 17.9. The van der Waals surface area contributed by atoms with E-state index in [1.54, 1.807) is 6.92 Å². The molecule has 0 heterocycles. The van der Waals surface area contributed by atoms with Crippen LogP contribution in [-0.4, -0.2) is 31.7 Å². The number of ether oxygens (including phenoxy) is 2. The fourth-order valence-corrected chi connectivity index (χ4v) is 4.55. The van der Waals surface area contributed by atoms with Gasteiger partial charge in [0.1, 0.15) is 17.5 Å². The van der Waals surface area contributed by atoms with Crippen molar-refractivity contribution in [3.05, 3.63) is 41.0 Å². The molecule has 7 nitrogen and oxygen atoms in total. The molecule has 1 aliphatic carbocycles. The third-order valence-electron chi connectivity index (χ3n) is 4.66. The maximum absolute atomic E-state index is 14.4. The lowest BCUT2D eigenvalue weighted by atomic mass is 9.99. The third-order valence-corrected chi connectivity index (χ3v) is 6.39. The zero-order chi connectivity index (χ0) is 22.5. The lowest BCUT2D eigenvalue weighted by Gasteiger charge is -2.25. The van der Waals surface area contributed by atoms with Gasteiger partial charge < -0.3 is 9.47 Å². The number of carbonyl (C=O) groups is 2. The molecule has 0 bridgehead atoms. The number of hydrogen-bond donors (Lipinski definition) is 1. The Balaban J connectivity index is 2.26. The highest BCUT2D eigenvalue weighted by molar-refractivity contribution is 7.93. The molecule has 0 spiro atoms. The molecule has 1 aromatic rings. The van der Waals surface area contributed by atoms with Crippen LogP contribution in [-0.2, 0) is 35.7 Å². The highest BCUT2D eigenvalue weighted by Crippen LogP contribution is 2.30. The summed E-state index contributed by atoms with van der Waals surface area (Å²) in [7, 11) is -4.34. The molecule has 166 valence electrons. The number of sulfonamides is 1. The van der Waals surface area contributed by atoms with Crippen LogP contribution in [0.4, 0.5) is 14.5 Å². The summed E-state index contributed by atoms with van der Waals surface area (Å²) < 4.78 is 66.4. The smallest absolute Gasteiger partial charge is 0.335 e. The highest BCUT2D eigenvalue weighted by Gasteiger charge is 2.36. The number of benzene rings is 1. The van der Waals surface area contributed by atoms with E-state index < -0.39 is 50.6 Å². The molecule has 2 unspecified atom stereocenters. The van der Waals surface area contributed by atoms with E-state index in [1.807, 2.05) is 11.6 Å². The van der Waals surface area contributed by atoms with Crippen LogP contribution in [0.15, 0.2) is 23.8 Å². The first-order valence-corrected chi connectivity index (χ1v) is 11.1. The predicted octanol–water partition coefficient (Wildman–Crippen LogP) is 3.59. The average Bonchev–Trinajstić information content (AvgIpc) is 2.69. The number of anilines is 1. The Hall–Kier alpha value is -2.49. The molecule has 0 amide bonds. The monoisotopic (exact) mass is 445 g/mol. The fraction of sp³-hybridized carbons (Fsp3) is 0.500. The Kier molecular flexibility index (Phi) is 7.94. The summed E-state index contributed by atoms with van der Waals surface area (Å²) in [6, 6.07) is 1.75. The van der Waals surface area contributed by atoms with Gasteiger partial charge in [-0.25, -0.2) is 22.0 Å². The molecule has 2 atom stereocenters. The minimum Gasteiger partial charge on any atom is -0.461 e. The molecule has 10 heteroatoms. The van der Waals surface area contributed by atoms with Crippen LogP contribution in [0, 0.1) is 11.6 Å². The van der Waals surface area contributed by atoms with E-state index in [2.05, 4.69) is 4.74 Å². The Labute approximate surface area is 174 Å². The summed E-state index contributed by atoms with van der Waals surface area (Å²) >= 11 is 0. The second-order valence-electron chi connectivity index (χ2n) is 7.06. The molecule has 2 rings (SSSR count). The van der Waals surface area contributed by atoms with Crippen molar-refractivity contribution in [2.75, 3.05) is 4.72 Å². The summed E-state index contributed by atoms with van der Waals surface area (Å²) in [5.41, 5.74) is -0.873. The van der Waals surface area contributed by atoms with Gasteiger partial charge >= 0.3 is 11.9 Å². The number of rotatable bonds is 8.